The van der Waals surface area contributed by atoms with E-state index in [1.54, 1.807) is 0 Å². The number of halogens is 1. The zero-order valence-electron chi connectivity index (χ0n) is 12.2. The van der Waals surface area contributed by atoms with Gasteiger partial charge in [-0.05, 0) is 26.0 Å². The monoisotopic (exact) mass is 300 g/mol. The third-order valence-electron chi connectivity index (χ3n) is 3.03. The van der Waals surface area contributed by atoms with Gasteiger partial charge in [0.25, 0.3) is 0 Å². The van der Waals surface area contributed by atoms with Crippen molar-refractivity contribution in [1.29, 1.82) is 0 Å². The molecule has 1 heterocycles. The molecule has 114 valence electrons. The van der Waals surface area contributed by atoms with Crippen molar-refractivity contribution in [3.63, 3.8) is 0 Å². The number of ether oxygens (including phenoxy) is 2. The van der Waals surface area contributed by atoms with Crippen LogP contribution >= 0.6 is 12.4 Å². The Hall–Kier alpha value is -0.810. The lowest BCUT2D eigenvalue weighted by Gasteiger charge is -2.36. The molecule has 0 spiro atoms. The topological polar surface area (TPSA) is 47.7 Å². The van der Waals surface area contributed by atoms with Crippen molar-refractivity contribution < 1.29 is 9.47 Å². The quantitative estimate of drug-likeness (QED) is 0.902. The summed E-state index contributed by atoms with van der Waals surface area (Å²) in [7, 11) is 0. The van der Waals surface area contributed by atoms with Gasteiger partial charge in [0.15, 0.2) is 0 Å². The van der Waals surface area contributed by atoms with Gasteiger partial charge >= 0.3 is 0 Å². The molecule has 2 N–H and O–H groups in total. The van der Waals surface area contributed by atoms with E-state index in [-0.39, 0.29) is 24.0 Å². The molecule has 1 aliphatic rings. The number of para-hydroxylation sites is 1. The second kappa shape index (κ2) is 7.84. The van der Waals surface area contributed by atoms with E-state index in [0.717, 1.165) is 32.0 Å². The van der Waals surface area contributed by atoms with Crippen molar-refractivity contribution in [2.75, 3.05) is 32.8 Å². The first-order valence-electron chi connectivity index (χ1n) is 6.84. The van der Waals surface area contributed by atoms with Gasteiger partial charge in [-0.1, -0.05) is 18.2 Å². The predicted molar refractivity (Wildman–Crippen MR) is 83.6 cm³/mol. The molecule has 1 unspecified atom stereocenters. The SMILES string of the molecule is CC(C)(N)CN1CCOC(COc2ccccc2)C1.Cl. The minimum absolute atomic E-state index is 0. The number of hydrogen-bond acceptors (Lipinski definition) is 4. The first-order valence-corrected chi connectivity index (χ1v) is 6.84. The fourth-order valence-corrected chi connectivity index (χ4v) is 2.31. The number of nitrogens with zero attached hydrogens (tertiary/aromatic N) is 1. The van der Waals surface area contributed by atoms with Gasteiger partial charge in [0.05, 0.1) is 6.61 Å². The van der Waals surface area contributed by atoms with Gasteiger partial charge in [-0.15, -0.1) is 12.4 Å². The lowest BCUT2D eigenvalue weighted by atomic mass is 10.1. The molecule has 1 aromatic carbocycles. The molecule has 0 saturated carbocycles. The third-order valence-corrected chi connectivity index (χ3v) is 3.03. The van der Waals surface area contributed by atoms with Crippen LogP contribution in [0.25, 0.3) is 0 Å². The Morgan fingerprint density at radius 3 is 2.70 bits per heavy atom. The fourth-order valence-electron chi connectivity index (χ4n) is 2.31. The summed E-state index contributed by atoms with van der Waals surface area (Å²) >= 11 is 0. The molecule has 2 rings (SSSR count). The van der Waals surface area contributed by atoms with Crippen LogP contribution in [0, 0.1) is 0 Å². The minimum atomic E-state index is -0.165. The van der Waals surface area contributed by atoms with Crippen LogP contribution in [0.1, 0.15) is 13.8 Å². The lowest BCUT2D eigenvalue weighted by Crippen LogP contribution is -2.52. The van der Waals surface area contributed by atoms with E-state index < -0.39 is 0 Å². The van der Waals surface area contributed by atoms with Crippen molar-refractivity contribution in [3.05, 3.63) is 30.3 Å². The molecule has 1 atom stereocenters. The molecular weight excluding hydrogens is 276 g/mol. The largest absolute Gasteiger partial charge is 0.491 e. The second-order valence-electron chi connectivity index (χ2n) is 5.84. The first-order chi connectivity index (χ1) is 9.03. The maximum Gasteiger partial charge on any atom is 0.119 e. The second-order valence-corrected chi connectivity index (χ2v) is 5.84. The minimum Gasteiger partial charge on any atom is -0.491 e. The molecule has 0 aliphatic carbocycles. The van der Waals surface area contributed by atoms with E-state index in [1.165, 1.54) is 0 Å². The van der Waals surface area contributed by atoms with Gasteiger partial charge < -0.3 is 15.2 Å². The van der Waals surface area contributed by atoms with E-state index in [0.29, 0.717) is 6.61 Å². The normalized spacial score (nSPS) is 20.2. The van der Waals surface area contributed by atoms with Gasteiger partial charge in [-0.25, -0.2) is 0 Å². The molecule has 0 amide bonds. The first kappa shape index (κ1) is 17.2. The molecule has 20 heavy (non-hydrogen) atoms. The smallest absolute Gasteiger partial charge is 0.119 e. The predicted octanol–water partition coefficient (Wildman–Crippen LogP) is 1.93. The highest BCUT2D eigenvalue weighted by atomic mass is 35.5. The van der Waals surface area contributed by atoms with Gasteiger partial charge in [0.1, 0.15) is 18.5 Å². The fraction of sp³-hybridized carbons (Fsp3) is 0.600. The number of hydrogen-bond donors (Lipinski definition) is 1. The Morgan fingerprint density at radius 2 is 2.05 bits per heavy atom. The van der Waals surface area contributed by atoms with E-state index in [9.17, 15) is 0 Å². The zero-order chi connectivity index (χ0) is 13.7. The maximum absolute atomic E-state index is 6.06. The summed E-state index contributed by atoms with van der Waals surface area (Å²) in [6.45, 7) is 8.16. The standard InChI is InChI=1S/C15H24N2O2.ClH/c1-15(2,16)12-17-8-9-18-14(10-17)11-19-13-6-4-3-5-7-13;/h3-7,14H,8-12,16H2,1-2H3;1H. The molecule has 1 fully saturated rings. The van der Waals surface area contributed by atoms with Crippen LogP contribution in [0.15, 0.2) is 30.3 Å². The van der Waals surface area contributed by atoms with Crippen molar-refractivity contribution in [3.8, 4) is 5.75 Å². The summed E-state index contributed by atoms with van der Waals surface area (Å²) in [4.78, 5) is 2.35. The summed E-state index contributed by atoms with van der Waals surface area (Å²) < 4.78 is 11.5. The number of nitrogens with two attached hydrogens (primary N) is 1. The number of benzene rings is 1. The van der Waals surface area contributed by atoms with Crippen molar-refractivity contribution in [1.82, 2.24) is 4.90 Å². The van der Waals surface area contributed by atoms with E-state index >= 15 is 0 Å². The molecule has 0 bridgehead atoms. The molecule has 5 heteroatoms. The summed E-state index contributed by atoms with van der Waals surface area (Å²) in [6.07, 6.45) is 0.122. The number of rotatable bonds is 5. The van der Waals surface area contributed by atoms with Crippen molar-refractivity contribution in [2.24, 2.45) is 5.73 Å². The summed E-state index contributed by atoms with van der Waals surface area (Å²) in [6, 6.07) is 9.85. The third kappa shape index (κ3) is 6.09. The van der Waals surface area contributed by atoms with Gasteiger partial charge in [0.2, 0.25) is 0 Å². The molecule has 4 nitrogen and oxygen atoms in total. The molecule has 0 radical (unpaired) electrons. The Bertz CT molecular complexity index is 381. The van der Waals surface area contributed by atoms with E-state index in [1.807, 2.05) is 30.3 Å². The van der Waals surface area contributed by atoms with Gasteiger partial charge in [-0.3, -0.25) is 4.90 Å². The Kier molecular flexibility index (Phi) is 6.76. The van der Waals surface area contributed by atoms with Crippen molar-refractivity contribution in [2.45, 2.75) is 25.5 Å². The summed E-state index contributed by atoms with van der Waals surface area (Å²) in [5.74, 6) is 0.891. The maximum atomic E-state index is 6.06. The molecule has 1 aliphatic heterocycles. The summed E-state index contributed by atoms with van der Waals surface area (Å²) in [5, 5.41) is 0. The van der Waals surface area contributed by atoms with Crippen molar-refractivity contribution >= 4 is 12.4 Å². The summed E-state index contributed by atoms with van der Waals surface area (Å²) in [5.41, 5.74) is 5.90. The molecular formula is C15H25ClN2O2. The molecule has 1 aromatic rings. The van der Waals surface area contributed by atoms with E-state index in [4.69, 9.17) is 15.2 Å². The molecule has 1 saturated heterocycles. The van der Waals surface area contributed by atoms with Gasteiger partial charge in [0, 0.05) is 25.2 Å². The van der Waals surface area contributed by atoms with Crippen LogP contribution in [0.2, 0.25) is 0 Å². The Labute approximate surface area is 127 Å². The van der Waals surface area contributed by atoms with E-state index in [2.05, 4.69) is 18.7 Å². The molecule has 0 aromatic heterocycles. The highest BCUT2D eigenvalue weighted by molar-refractivity contribution is 5.85. The zero-order valence-corrected chi connectivity index (χ0v) is 13.1. The Balaban J connectivity index is 0.00000200. The van der Waals surface area contributed by atoms with Crippen LogP contribution in [-0.4, -0.2) is 49.4 Å². The van der Waals surface area contributed by atoms with Crippen LogP contribution in [0.3, 0.4) is 0 Å². The number of morpholine rings is 1. The average molecular weight is 301 g/mol. The lowest BCUT2D eigenvalue weighted by molar-refractivity contribution is -0.0517. The average Bonchev–Trinajstić information content (AvgIpc) is 2.36. The van der Waals surface area contributed by atoms with Crippen LogP contribution in [-0.2, 0) is 4.74 Å². The Morgan fingerprint density at radius 1 is 1.35 bits per heavy atom. The highest BCUT2D eigenvalue weighted by Gasteiger charge is 2.24. The van der Waals surface area contributed by atoms with Crippen LogP contribution < -0.4 is 10.5 Å². The van der Waals surface area contributed by atoms with Crippen LogP contribution in [0.5, 0.6) is 5.75 Å². The highest BCUT2D eigenvalue weighted by Crippen LogP contribution is 2.13. The van der Waals surface area contributed by atoms with Gasteiger partial charge in [-0.2, -0.15) is 0 Å². The van der Waals surface area contributed by atoms with Crippen LogP contribution in [0.4, 0.5) is 0 Å².